The van der Waals surface area contributed by atoms with Gasteiger partial charge in [0.05, 0.1) is 6.54 Å². The molecular formula is C16H20FN3O. The molecule has 1 aliphatic carbocycles. The van der Waals surface area contributed by atoms with Gasteiger partial charge in [0.1, 0.15) is 17.2 Å². The molecule has 1 aliphatic rings. The highest BCUT2D eigenvalue weighted by Gasteiger charge is 2.21. The zero-order chi connectivity index (χ0) is 14.8. The molecule has 1 heterocycles. The van der Waals surface area contributed by atoms with Gasteiger partial charge in [0.2, 0.25) is 0 Å². The third-order valence-corrected chi connectivity index (χ3v) is 3.89. The maximum Gasteiger partial charge on any atom is 0.191 e. The molecule has 0 amide bonds. The number of fused-ring (bicyclic) bond motifs is 1. The summed E-state index contributed by atoms with van der Waals surface area (Å²) in [5.74, 6) is 2.13. The topological polar surface area (TPSA) is 49.6 Å². The maximum atomic E-state index is 13.3. The van der Waals surface area contributed by atoms with Crippen LogP contribution in [0.1, 0.15) is 24.2 Å². The van der Waals surface area contributed by atoms with E-state index in [1.807, 2.05) is 6.92 Å². The average Bonchev–Trinajstić information content (AvgIpc) is 3.26. The van der Waals surface area contributed by atoms with Crippen LogP contribution in [0.2, 0.25) is 0 Å². The number of rotatable bonds is 4. The van der Waals surface area contributed by atoms with Crippen LogP contribution in [-0.4, -0.2) is 19.6 Å². The van der Waals surface area contributed by atoms with Gasteiger partial charge < -0.3 is 15.1 Å². The number of aliphatic imine (C=N–C) groups is 1. The Labute approximate surface area is 123 Å². The number of hydrogen-bond acceptors (Lipinski definition) is 2. The maximum absolute atomic E-state index is 13.3. The molecule has 0 aliphatic heterocycles. The van der Waals surface area contributed by atoms with Gasteiger partial charge in [-0.2, -0.15) is 0 Å². The molecular weight excluding hydrogens is 269 g/mol. The van der Waals surface area contributed by atoms with Crippen molar-refractivity contribution in [3.05, 3.63) is 35.3 Å². The van der Waals surface area contributed by atoms with Gasteiger partial charge in [-0.15, -0.1) is 0 Å². The SMILES string of the molecule is CN=C(NCc1oc2ccc(F)cc2c1C)NCC1CC1. The smallest absolute Gasteiger partial charge is 0.191 e. The number of nitrogens with zero attached hydrogens (tertiary/aromatic N) is 1. The molecule has 0 radical (unpaired) electrons. The first-order valence-corrected chi connectivity index (χ1v) is 7.29. The van der Waals surface area contributed by atoms with Crippen molar-refractivity contribution < 1.29 is 8.81 Å². The van der Waals surface area contributed by atoms with Crippen molar-refractivity contribution in [3.63, 3.8) is 0 Å². The summed E-state index contributed by atoms with van der Waals surface area (Å²) < 4.78 is 19.1. The van der Waals surface area contributed by atoms with Crippen molar-refractivity contribution in [2.75, 3.05) is 13.6 Å². The molecule has 4 nitrogen and oxygen atoms in total. The highest BCUT2D eigenvalue weighted by molar-refractivity contribution is 5.83. The zero-order valence-corrected chi connectivity index (χ0v) is 12.4. The van der Waals surface area contributed by atoms with E-state index in [1.54, 1.807) is 13.1 Å². The Kier molecular flexibility index (Phi) is 3.82. The normalized spacial score (nSPS) is 15.5. The number of furan rings is 1. The number of nitrogens with one attached hydrogen (secondary N) is 2. The molecule has 1 aromatic carbocycles. The molecule has 1 saturated carbocycles. The van der Waals surface area contributed by atoms with E-state index in [-0.39, 0.29) is 5.82 Å². The van der Waals surface area contributed by atoms with Gasteiger partial charge in [-0.3, -0.25) is 4.99 Å². The lowest BCUT2D eigenvalue weighted by atomic mass is 10.1. The first-order valence-electron chi connectivity index (χ1n) is 7.29. The summed E-state index contributed by atoms with van der Waals surface area (Å²) in [5, 5.41) is 7.36. The monoisotopic (exact) mass is 289 g/mol. The minimum Gasteiger partial charge on any atom is -0.459 e. The summed E-state index contributed by atoms with van der Waals surface area (Å²) in [4.78, 5) is 4.19. The van der Waals surface area contributed by atoms with E-state index in [2.05, 4.69) is 15.6 Å². The first-order chi connectivity index (χ1) is 10.2. The van der Waals surface area contributed by atoms with Gasteiger partial charge in [-0.25, -0.2) is 4.39 Å². The van der Waals surface area contributed by atoms with Crippen LogP contribution in [0, 0.1) is 18.7 Å². The predicted octanol–water partition coefficient (Wildman–Crippen LogP) is 2.96. The molecule has 0 atom stereocenters. The van der Waals surface area contributed by atoms with Crippen LogP contribution in [0.5, 0.6) is 0 Å². The van der Waals surface area contributed by atoms with Crippen LogP contribution in [0.3, 0.4) is 0 Å². The Morgan fingerprint density at radius 3 is 2.90 bits per heavy atom. The van der Waals surface area contributed by atoms with Crippen molar-refractivity contribution in [2.24, 2.45) is 10.9 Å². The van der Waals surface area contributed by atoms with Gasteiger partial charge in [0.15, 0.2) is 5.96 Å². The van der Waals surface area contributed by atoms with E-state index in [4.69, 9.17) is 4.42 Å². The molecule has 0 bridgehead atoms. The minimum atomic E-state index is -0.243. The molecule has 5 heteroatoms. The predicted molar refractivity (Wildman–Crippen MR) is 81.8 cm³/mol. The van der Waals surface area contributed by atoms with E-state index in [0.717, 1.165) is 35.1 Å². The van der Waals surface area contributed by atoms with Crippen LogP contribution in [0.4, 0.5) is 4.39 Å². The largest absolute Gasteiger partial charge is 0.459 e. The molecule has 0 saturated heterocycles. The van der Waals surface area contributed by atoms with Crippen LogP contribution in [0.15, 0.2) is 27.6 Å². The Bertz CT molecular complexity index is 673. The van der Waals surface area contributed by atoms with Crippen molar-refractivity contribution in [3.8, 4) is 0 Å². The second-order valence-corrected chi connectivity index (χ2v) is 5.54. The molecule has 3 rings (SSSR count). The lowest BCUT2D eigenvalue weighted by Gasteiger charge is -2.10. The minimum absolute atomic E-state index is 0.243. The van der Waals surface area contributed by atoms with Crippen molar-refractivity contribution in [1.82, 2.24) is 10.6 Å². The average molecular weight is 289 g/mol. The summed E-state index contributed by atoms with van der Waals surface area (Å²) in [6, 6.07) is 4.60. The van der Waals surface area contributed by atoms with Crippen molar-refractivity contribution >= 4 is 16.9 Å². The Morgan fingerprint density at radius 2 is 2.19 bits per heavy atom. The highest BCUT2D eigenvalue weighted by Crippen LogP contribution is 2.27. The van der Waals surface area contributed by atoms with Gasteiger partial charge in [0.25, 0.3) is 0 Å². The Morgan fingerprint density at radius 1 is 1.38 bits per heavy atom. The fourth-order valence-electron chi connectivity index (χ4n) is 2.36. The van der Waals surface area contributed by atoms with Crippen molar-refractivity contribution in [2.45, 2.75) is 26.3 Å². The third-order valence-electron chi connectivity index (χ3n) is 3.89. The van der Waals surface area contributed by atoms with Crippen LogP contribution >= 0.6 is 0 Å². The van der Waals surface area contributed by atoms with Crippen LogP contribution in [-0.2, 0) is 6.54 Å². The molecule has 1 aromatic heterocycles. The lowest BCUT2D eigenvalue weighted by Crippen LogP contribution is -2.37. The molecule has 0 spiro atoms. The van der Waals surface area contributed by atoms with Crippen LogP contribution < -0.4 is 10.6 Å². The lowest BCUT2D eigenvalue weighted by molar-refractivity contribution is 0.533. The molecule has 1 fully saturated rings. The van der Waals surface area contributed by atoms with Crippen molar-refractivity contribution in [1.29, 1.82) is 0 Å². The first kappa shape index (κ1) is 13.9. The Hall–Kier alpha value is -2.04. The summed E-state index contributed by atoms with van der Waals surface area (Å²) in [7, 11) is 1.75. The zero-order valence-electron chi connectivity index (χ0n) is 12.4. The molecule has 2 aromatic rings. The molecule has 21 heavy (non-hydrogen) atoms. The number of guanidine groups is 1. The standard InChI is InChI=1S/C16H20FN3O/c1-10-13-7-12(17)5-6-14(13)21-15(10)9-20-16(18-2)19-8-11-3-4-11/h5-7,11H,3-4,8-9H2,1-2H3,(H2,18,19,20). The summed E-state index contributed by atoms with van der Waals surface area (Å²) in [6.07, 6.45) is 2.61. The van der Waals surface area contributed by atoms with Gasteiger partial charge in [-0.05, 0) is 43.9 Å². The number of halogens is 1. The number of aryl methyl sites for hydroxylation is 1. The third kappa shape index (κ3) is 3.17. The molecule has 112 valence electrons. The summed E-state index contributed by atoms with van der Waals surface area (Å²) >= 11 is 0. The van der Waals surface area contributed by atoms with E-state index >= 15 is 0 Å². The van der Waals surface area contributed by atoms with E-state index in [0.29, 0.717) is 12.1 Å². The fourth-order valence-corrected chi connectivity index (χ4v) is 2.36. The van der Waals surface area contributed by atoms with Gasteiger partial charge in [0, 0.05) is 24.5 Å². The van der Waals surface area contributed by atoms with Gasteiger partial charge >= 0.3 is 0 Å². The second-order valence-electron chi connectivity index (χ2n) is 5.54. The molecule has 0 unspecified atom stereocenters. The van der Waals surface area contributed by atoms with E-state index in [1.165, 1.54) is 25.0 Å². The van der Waals surface area contributed by atoms with E-state index in [9.17, 15) is 4.39 Å². The van der Waals surface area contributed by atoms with Gasteiger partial charge in [-0.1, -0.05) is 0 Å². The fraction of sp³-hybridized carbons (Fsp3) is 0.438. The quantitative estimate of drug-likeness (QED) is 0.672. The summed E-state index contributed by atoms with van der Waals surface area (Å²) in [5.41, 5.74) is 1.68. The van der Waals surface area contributed by atoms with E-state index < -0.39 is 0 Å². The Balaban J connectivity index is 1.67. The number of benzene rings is 1. The molecule has 2 N–H and O–H groups in total. The summed E-state index contributed by atoms with van der Waals surface area (Å²) in [6.45, 7) is 3.44. The highest BCUT2D eigenvalue weighted by atomic mass is 19.1. The number of hydrogen-bond donors (Lipinski definition) is 2. The second kappa shape index (κ2) is 5.76. The van der Waals surface area contributed by atoms with Crippen LogP contribution in [0.25, 0.3) is 11.0 Å².